The Hall–Kier alpha value is -3.49. The predicted molar refractivity (Wildman–Crippen MR) is 124 cm³/mol. The van der Waals surface area contributed by atoms with Gasteiger partial charge in [0.25, 0.3) is 5.91 Å². The molecule has 2 amide bonds. The summed E-state index contributed by atoms with van der Waals surface area (Å²) in [6.45, 7) is 2.58. The monoisotopic (exact) mass is 486 g/mol. The molecule has 3 N–H and O–H groups in total. The van der Waals surface area contributed by atoms with Gasteiger partial charge in [0, 0.05) is 5.92 Å². The highest BCUT2D eigenvalue weighted by Crippen LogP contribution is 2.44. The van der Waals surface area contributed by atoms with E-state index in [9.17, 15) is 19.5 Å². The highest BCUT2D eigenvalue weighted by Gasteiger charge is 2.56. The van der Waals surface area contributed by atoms with Crippen molar-refractivity contribution in [2.45, 2.75) is 56.5 Å². The second-order valence-corrected chi connectivity index (χ2v) is 9.35. The van der Waals surface area contributed by atoms with E-state index in [2.05, 4.69) is 5.32 Å². The summed E-state index contributed by atoms with van der Waals surface area (Å²) in [6.07, 6.45) is -0.298. The van der Waals surface area contributed by atoms with Crippen molar-refractivity contribution < 1.29 is 33.0 Å². The first-order valence-corrected chi connectivity index (χ1v) is 11.6. The van der Waals surface area contributed by atoms with Crippen LogP contribution in [0.15, 0.2) is 48.5 Å². The molecule has 0 heterocycles. The summed E-state index contributed by atoms with van der Waals surface area (Å²) in [5, 5.41) is 13.4. The molecule has 2 aliphatic carbocycles. The zero-order chi connectivity index (χ0) is 25.4. The van der Waals surface area contributed by atoms with Gasteiger partial charge in [0.15, 0.2) is 0 Å². The average Bonchev–Trinajstić information content (AvgIpc) is 3.63. The summed E-state index contributed by atoms with van der Waals surface area (Å²) in [7, 11) is 0. The van der Waals surface area contributed by atoms with Crippen molar-refractivity contribution in [2.24, 2.45) is 5.92 Å². The smallest absolute Gasteiger partial charge is 0.407 e. The molecule has 2 unspecified atom stereocenters. The SMILES string of the molecule is CCC(C)(NC(=O)C(F)(F)C(NC(=O)OCC1c2ccccc2-c2ccccc21)C1CC1)C(=O)O. The number of amides is 2. The Balaban J connectivity index is 1.45. The number of hydrogen-bond donors (Lipinski definition) is 3. The number of carbonyl (C=O) groups is 3. The van der Waals surface area contributed by atoms with Gasteiger partial charge >= 0.3 is 18.0 Å². The molecule has 2 aliphatic rings. The second-order valence-electron chi connectivity index (χ2n) is 9.35. The number of carboxylic acid groups (broad SMARTS) is 1. The number of alkyl carbamates (subject to hydrolysis) is 1. The molecule has 0 aromatic heterocycles. The highest BCUT2D eigenvalue weighted by atomic mass is 19.3. The molecule has 4 rings (SSSR count). The molecule has 2 aromatic carbocycles. The lowest BCUT2D eigenvalue weighted by Crippen LogP contribution is -2.62. The van der Waals surface area contributed by atoms with Crippen LogP contribution in [0.25, 0.3) is 11.1 Å². The van der Waals surface area contributed by atoms with Gasteiger partial charge in [-0.05, 0) is 54.4 Å². The van der Waals surface area contributed by atoms with Gasteiger partial charge in [-0.1, -0.05) is 55.5 Å². The fourth-order valence-electron chi connectivity index (χ4n) is 4.47. The van der Waals surface area contributed by atoms with Gasteiger partial charge in [0.05, 0.1) is 0 Å². The van der Waals surface area contributed by atoms with Gasteiger partial charge in [-0.25, -0.2) is 9.59 Å². The van der Waals surface area contributed by atoms with Crippen molar-refractivity contribution in [2.75, 3.05) is 6.61 Å². The van der Waals surface area contributed by atoms with E-state index in [-0.39, 0.29) is 18.9 Å². The van der Waals surface area contributed by atoms with Crippen LogP contribution in [-0.2, 0) is 14.3 Å². The van der Waals surface area contributed by atoms with E-state index in [1.807, 2.05) is 53.8 Å². The molecule has 7 nitrogen and oxygen atoms in total. The van der Waals surface area contributed by atoms with Gasteiger partial charge in [0.2, 0.25) is 0 Å². The lowest BCUT2D eigenvalue weighted by molar-refractivity contribution is -0.158. The third-order valence-corrected chi connectivity index (χ3v) is 6.97. The number of nitrogens with one attached hydrogen (secondary N) is 2. The van der Waals surface area contributed by atoms with E-state index in [0.29, 0.717) is 12.8 Å². The molecule has 0 radical (unpaired) electrons. The number of fused-ring (bicyclic) bond motifs is 3. The Bertz CT molecular complexity index is 1100. The Morgan fingerprint density at radius 3 is 2.09 bits per heavy atom. The van der Waals surface area contributed by atoms with Gasteiger partial charge in [0.1, 0.15) is 18.2 Å². The number of alkyl halides is 2. The number of aliphatic carboxylic acids is 1. The number of rotatable bonds is 9. The topological polar surface area (TPSA) is 105 Å². The predicted octanol–water partition coefficient (Wildman–Crippen LogP) is 4.31. The van der Waals surface area contributed by atoms with Crippen LogP contribution in [0.3, 0.4) is 0 Å². The van der Waals surface area contributed by atoms with Crippen LogP contribution in [0, 0.1) is 5.92 Å². The standard InChI is InChI=1S/C26H28F2N2O5/c1-3-25(2,23(32)33)30-22(31)26(27,28)21(15-12-13-15)29-24(34)35-14-20-18-10-6-4-8-16(18)17-9-5-7-11-19(17)20/h4-11,15,20-21H,3,12-14H2,1-2H3,(H,29,34)(H,30,31)(H,32,33). The van der Waals surface area contributed by atoms with Crippen molar-refractivity contribution in [1.82, 2.24) is 10.6 Å². The number of benzene rings is 2. The first-order valence-electron chi connectivity index (χ1n) is 11.6. The number of ether oxygens (including phenoxy) is 1. The Morgan fingerprint density at radius 1 is 1.06 bits per heavy atom. The van der Waals surface area contributed by atoms with Crippen molar-refractivity contribution >= 4 is 18.0 Å². The van der Waals surface area contributed by atoms with E-state index < -0.39 is 41.4 Å². The van der Waals surface area contributed by atoms with Crippen molar-refractivity contribution in [3.63, 3.8) is 0 Å². The minimum absolute atomic E-state index is 0.0536. The summed E-state index contributed by atoms with van der Waals surface area (Å²) in [5.41, 5.74) is 2.19. The number of hydrogen-bond acceptors (Lipinski definition) is 4. The fourth-order valence-corrected chi connectivity index (χ4v) is 4.47. The minimum Gasteiger partial charge on any atom is -0.480 e. The van der Waals surface area contributed by atoms with E-state index in [1.165, 1.54) is 6.92 Å². The fraction of sp³-hybridized carbons (Fsp3) is 0.423. The summed E-state index contributed by atoms with van der Waals surface area (Å²) in [4.78, 5) is 36.5. The van der Waals surface area contributed by atoms with Crippen molar-refractivity contribution in [1.29, 1.82) is 0 Å². The van der Waals surface area contributed by atoms with E-state index in [1.54, 1.807) is 0 Å². The lowest BCUT2D eigenvalue weighted by atomic mass is 9.97. The largest absolute Gasteiger partial charge is 0.480 e. The molecular formula is C26H28F2N2O5. The number of halogens is 2. The molecule has 1 fully saturated rings. The molecule has 0 bridgehead atoms. The van der Waals surface area contributed by atoms with E-state index in [4.69, 9.17) is 4.74 Å². The van der Waals surface area contributed by atoms with Crippen LogP contribution in [0.2, 0.25) is 0 Å². The van der Waals surface area contributed by atoms with Gasteiger partial charge in [-0.15, -0.1) is 0 Å². The molecule has 2 atom stereocenters. The molecule has 9 heteroatoms. The third-order valence-electron chi connectivity index (χ3n) is 6.97. The summed E-state index contributed by atoms with van der Waals surface area (Å²) in [5.74, 6) is -8.01. The van der Waals surface area contributed by atoms with Crippen LogP contribution >= 0.6 is 0 Å². The lowest BCUT2D eigenvalue weighted by Gasteiger charge is -2.31. The molecule has 35 heavy (non-hydrogen) atoms. The maximum Gasteiger partial charge on any atom is 0.407 e. The first kappa shape index (κ1) is 24.6. The molecule has 0 aliphatic heterocycles. The van der Waals surface area contributed by atoms with E-state index >= 15 is 8.78 Å². The normalized spacial score (nSPS) is 17.5. The Labute approximate surface area is 201 Å². The molecular weight excluding hydrogens is 458 g/mol. The van der Waals surface area contributed by atoms with Crippen LogP contribution in [0.5, 0.6) is 0 Å². The maximum absolute atomic E-state index is 15.1. The highest BCUT2D eigenvalue weighted by molar-refractivity contribution is 5.91. The first-order chi connectivity index (χ1) is 16.6. The summed E-state index contributed by atoms with van der Waals surface area (Å²) in [6, 6.07) is 13.7. The van der Waals surface area contributed by atoms with E-state index in [0.717, 1.165) is 29.2 Å². The molecule has 2 aromatic rings. The van der Waals surface area contributed by atoms with Crippen LogP contribution in [0.1, 0.15) is 50.2 Å². The summed E-state index contributed by atoms with van der Waals surface area (Å²) >= 11 is 0. The zero-order valence-corrected chi connectivity index (χ0v) is 19.5. The molecule has 0 spiro atoms. The third kappa shape index (κ3) is 4.72. The van der Waals surface area contributed by atoms with Crippen molar-refractivity contribution in [3.8, 4) is 11.1 Å². The van der Waals surface area contributed by atoms with Gasteiger partial charge in [-0.2, -0.15) is 8.78 Å². The Kier molecular flexibility index (Phi) is 6.53. The van der Waals surface area contributed by atoms with Crippen LogP contribution in [-0.4, -0.2) is 47.2 Å². The van der Waals surface area contributed by atoms with Crippen LogP contribution < -0.4 is 10.6 Å². The maximum atomic E-state index is 15.1. The quantitative estimate of drug-likeness (QED) is 0.490. The number of carbonyl (C=O) groups excluding carboxylic acids is 2. The average molecular weight is 487 g/mol. The zero-order valence-electron chi connectivity index (χ0n) is 19.5. The van der Waals surface area contributed by atoms with Crippen LogP contribution in [0.4, 0.5) is 13.6 Å². The molecule has 186 valence electrons. The molecule has 0 saturated heterocycles. The number of carboxylic acids is 1. The molecule has 1 saturated carbocycles. The Morgan fingerprint density at radius 2 is 1.60 bits per heavy atom. The summed E-state index contributed by atoms with van der Waals surface area (Å²) < 4.78 is 35.6. The minimum atomic E-state index is -4.02. The van der Waals surface area contributed by atoms with Crippen molar-refractivity contribution in [3.05, 3.63) is 59.7 Å². The van der Waals surface area contributed by atoms with Gasteiger partial charge < -0.3 is 20.5 Å². The van der Waals surface area contributed by atoms with Gasteiger partial charge in [-0.3, -0.25) is 4.79 Å². The second kappa shape index (κ2) is 9.28.